The molecule has 2 rings (SSSR count). The van der Waals surface area contributed by atoms with Gasteiger partial charge in [0.2, 0.25) is 0 Å². The predicted molar refractivity (Wildman–Crippen MR) is 95.0 cm³/mol. The number of nitrogens with one attached hydrogen (secondary N) is 1. The molecule has 1 aliphatic heterocycles. The number of hydrogen-bond acceptors (Lipinski definition) is 4. The van der Waals surface area contributed by atoms with E-state index in [1.54, 1.807) is 6.92 Å². The van der Waals surface area contributed by atoms with Crippen LogP contribution in [0, 0.1) is 6.92 Å². The summed E-state index contributed by atoms with van der Waals surface area (Å²) in [5.41, 5.74) is 2.62. The SMILES string of the molecule is CCOC(=O)Cc1ccc(C2(NS(=O)C(C)(C)C)COC2)c(C)c1. The summed E-state index contributed by atoms with van der Waals surface area (Å²) in [7, 11) is -1.19. The first-order chi connectivity index (χ1) is 11.2. The van der Waals surface area contributed by atoms with E-state index in [1.807, 2.05) is 45.9 Å². The number of hydrogen-bond donors (Lipinski definition) is 1. The molecule has 1 atom stereocenters. The van der Waals surface area contributed by atoms with Crippen molar-refractivity contribution >= 4 is 17.0 Å². The van der Waals surface area contributed by atoms with E-state index in [1.165, 1.54) is 0 Å². The molecule has 0 amide bonds. The molecule has 0 bridgehead atoms. The van der Waals surface area contributed by atoms with E-state index < -0.39 is 16.5 Å². The number of carbonyl (C=O) groups excluding carboxylic acids is 1. The first-order valence-electron chi connectivity index (χ1n) is 8.21. The van der Waals surface area contributed by atoms with E-state index in [0.717, 1.165) is 16.7 Å². The van der Waals surface area contributed by atoms with Crippen LogP contribution >= 0.6 is 0 Å². The number of aryl methyl sites for hydroxylation is 1. The van der Waals surface area contributed by atoms with Crippen LogP contribution in [0.2, 0.25) is 0 Å². The Morgan fingerprint density at radius 1 is 1.38 bits per heavy atom. The summed E-state index contributed by atoms with van der Waals surface area (Å²) in [6.45, 7) is 11.0. The third kappa shape index (κ3) is 4.23. The lowest BCUT2D eigenvalue weighted by atomic mass is 9.85. The van der Waals surface area contributed by atoms with Gasteiger partial charge in [0, 0.05) is 0 Å². The first-order valence-corrected chi connectivity index (χ1v) is 9.36. The first kappa shape index (κ1) is 19.1. The normalized spacial score (nSPS) is 17.9. The van der Waals surface area contributed by atoms with Crippen molar-refractivity contribution in [3.63, 3.8) is 0 Å². The molecular formula is C18H27NO4S. The molecule has 1 aliphatic rings. The van der Waals surface area contributed by atoms with Gasteiger partial charge in [-0.2, -0.15) is 0 Å². The molecule has 1 aromatic rings. The Hall–Kier alpha value is -1.24. The van der Waals surface area contributed by atoms with Crippen LogP contribution in [0.5, 0.6) is 0 Å². The maximum Gasteiger partial charge on any atom is 0.310 e. The highest BCUT2D eigenvalue weighted by atomic mass is 32.2. The van der Waals surface area contributed by atoms with Crippen molar-refractivity contribution in [1.29, 1.82) is 0 Å². The molecule has 6 heteroatoms. The Bertz CT molecular complexity index is 632. The van der Waals surface area contributed by atoms with Crippen molar-refractivity contribution in [2.75, 3.05) is 19.8 Å². The molecule has 1 heterocycles. The zero-order chi connectivity index (χ0) is 18.0. The molecule has 1 fully saturated rings. The summed E-state index contributed by atoms with van der Waals surface area (Å²) in [5, 5.41) is 0. The standard InChI is InChI=1S/C18H27NO4S/c1-6-23-16(20)10-14-7-8-15(13(2)9-14)18(11-22-12-18)19-24(21)17(3,4)5/h7-9,19H,6,10-12H2,1-5H3. The maximum absolute atomic E-state index is 12.5. The third-order valence-corrected chi connectivity index (χ3v) is 5.69. The summed E-state index contributed by atoms with van der Waals surface area (Å²) in [5.74, 6) is -0.224. The van der Waals surface area contributed by atoms with Gasteiger partial charge in [-0.3, -0.25) is 4.79 Å². The van der Waals surface area contributed by atoms with Gasteiger partial charge in [-0.15, -0.1) is 0 Å². The van der Waals surface area contributed by atoms with Gasteiger partial charge >= 0.3 is 5.97 Å². The van der Waals surface area contributed by atoms with Crippen LogP contribution in [0.15, 0.2) is 18.2 Å². The number of carbonyl (C=O) groups is 1. The quantitative estimate of drug-likeness (QED) is 0.798. The summed E-state index contributed by atoms with van der Waals surface area (Å²) in [4.78, 5) is 11.6. The van der Waals surface area contributed by atoms with Gasteiger partial charge in [-0.05, 0) is 51.3 Å². The summed E-state index contributed by atoms with van der Waals surface area (Å²) >= 11 is 0. The Balaban J connectivity index is 2.20. The number of esters is 1. The van der Waals surface area contributed by atoms with Crippen molar-refractivity contribution in [2.45, 2.75) is 51.3 Å². The topological polar surface area (TPSA) is 64.6 Å². The molecule has 134 valence electrons. The average Bonchev–Trinajstić information content (AvgIpc) is 2.42. The van der Waals surface area contributed by atoms with E-state index in [-0.39, 0.29) is 17.1 Å². The molecule has 24 heavy (non-hydrogen) atoms. The minimum Gasteiger partial charge on any atom is -0.466 e. The Morgan fingerprint density at radius 3 is 2.50 bits per heavy atom. The highest BCUT2D eigenvalue weighted by molar-refractivity contribution is 7.84. The van der Waals surface area contributed by atoms with Crippen LogP contribution < -0.4 is 4.72 Å². The second kappa shape index (κ2) is 7.33. The number of rotatable bonds is 6. The maximum atomic E-state index is 12.5. The van der Waals surface area contributed by atoms with Crippen LogP contribution in [0.25, 0.3) is 0 Å². The number of benzene rings is 1. The fourth-order valence-electron chi connectivity index (χ4n) is 2.66. The smallest absolute Gasteiger partial charge is 0.310 e. The van der Waals surface area contributed by atoms with Crippen molar-refractivity contribution in [3.8, 4) is 0 Å². The second-order valence-electron chi connectivity index (χ2n) is 7.19. The van der Waals surface area contributed by atoms with E-state index in [9.17, 15) is 9.00 Å². The van der Waals surface area contributed by atoms with Crippen molar-refractivity contribution in [2.24, 2.45) is 0 Å². The molecule has 0 radical (unpaired) electrons. The lowest BCUT2D eigenvalue weighted by Gasteiger charge is -2.44. The zero-order valence-corrected chi connectivity index (χ0v) is 15.9. The molecule has 0 aliphatic carbocycles. The van der Waals surface area contributed by atoms with Gasteiger partial charge in [-0.1, -0.05) is 18.2 Å². The summed E-state index contributed by atoms with van der Waals surface area (Å²) in [6, 6.07) is 5.92. The Morgan fingerprint density at radius 2 is 2.04 bits per heavy atom. The molecule has 0 spiro atoms. The second-order valence-corrected chi connectivity index (χ2v) is 9.16. The number of ether oxygens (including phenoxy) is 2. The van der Waals surface area contributed by atoms with Crippen LogP contribution in [-0.2, 0) is 37.2 Å². The van der Waals surface area contributed by atoms with Crippen LogP contribution in [-0.4, -0.2) is 34.7 Å². The molecule has 1 unspecified atom stereocenters. The van der Waals surface area contributed by atoms with Crippen LogP contribution in [0.3, 0.4) is 0 Å². The van der Waals surface area contributed by atoms with E-state index >= 15 is 0 Å². The lowest BCUT2D eigenvalue weighted by molar-refractivity contribution is -0.142. The summed E-state index contributed by atoms with van der Waals surface area (Å²) in [6.07, 6.45) is 0.264. The minimum atomic E-state index is -1.19. The minimum absolute atomic E-state index is 0.224. The average molecular weight is 353 g/mol. The van der Waals surface area contributed by atoms with E-state index in [2.05, 4.69) is 4.72 Å². The lowest BCUT2D eigenvalue weighted by Crippen LogP contribution is -2.60. The fourth-order valence-corrected chi connectivity index (χ4v) is 3.55. The molecule has 5 nitrogen and oxygen atoms in total. The Kier molecular flexibility index (Phi) is 5.83. The molecule has 0 aromatic heterocycles. The molecule has 1 aromatic carbocycles. The van der Waals surface area contributed by atoms with E-state index in [0.29, 0.717) is 19.8 Å². The van der Waals surface area contributed by atoms with Crippen LogP contribution in [0.4, 0.5) is 0 Å². The molecule has 1 saturated heterocycles. The highest BCUT2D eigenvalue weighted by Gasteiger charge is 2.44. The van der Waals surface area contributed by atoms with Gasteiger partial charge < -0.3 is 9.47 Å². The van der Waals surface area contributed by atoms with Gasteiger partial charge in [0.05, 0.1) is 42.0 Å². The van der Waals surface area contributed by atoms with Crippen molar-refractivity contribution in [3.05, 3.63) is 34.9 Å². The largest absolute Gasteiger partial charge is 0.466 e. The predicted octanol–water partition coefficient (Wildman–Crippen LogP) is 2.38. The van der Waals surface area contributed by atoms with Gasteiger partial charge in [0.1, 0.15) is 5.54 Å². The third-order valence-electron chi connectivity index (χ3n) is 4.00. The summed E-state index contributed by atoms with van der Waals surface area (Å²) < 4.78 is 25.9. The van der Waals surface area contributed by atoms with Gasteiger partial charge in [0.15, 0.2) is 0 Å². The monoisotopic (exact) mass is 353 g/mol. The van der Waals surface area contributed by atoms with Crippen molar-refractivity contribution < 1.29 is 18.5 Å². The van der Waals surface area contributed by atoms with Gasteiger partial charge in [-0.25, -0.2) is 8.93 Å². The van der Waals surface area contributed by atoms with Gasteiger partial charge in [0.25, 0.3) is 0 Å². The van der Waals surface area contributed by atoms with Crippen molar-refractivity contribution in [1.82, 2.24) is 4.72 Å². The zero-order valence-electron chi connectivity index (χ0n) is 15.1. The molecular weight excluding hydrogens is 326 g/mol. The fraction of sp³-hybridized carbons (Fsp3) is 0.611. The Labute approximate surface area is 146 Å². The molecule has 1 N–H and O–H groups in total. The van der Waals surface area contributed by atoms with Crippen LogP contribution in [0.1, 0.15) is 44.4 Å². The highest BCUT2D eigenvalue weighted by Crippen LogP contribution is 2.34. The van der Waals surface area contributed by atoms with E-state index in [4.69, 9.17) is 9.47 Å². The molecule has 0 saturated carbocycles.